The van der Waals surface area contributed by atoms with Gasteiger partial charge in [-0.15, -0.1) is 0 Å². The zero-order chi connectivity index (χ0) is 34.5. The molecule has 0 spiro atoms. The number of carbonyl (C=O) groups excluding carboxylic acids is 1. The van der Waals surface area contributed by atoms with E-state index >= 15 is 0 Å². The van der Waals surface area contributed by atoms with Gasteiger partial charge in [0.25, 0.3) is 0 Å². The highest BCUT2D eigenvalue weighted by Gasteiger charge is 2.27. The molecule has 0 bridgehead atoms. The van der Waals surface area contributed by atoms with Crippen molar-refractivity contribution in [2.24, 2.45) is 11.7 Å². The molecule has 7 heteroatoms. The average molecular weight is 715 g/mol. The number of rotatable bonds is 7. The van der Waals surface area contributed by atoms with Crippen molar-refractivity contribution in [2.45, 2.75) is 57.2 Å². The molecule has 0 radical (unpaired) electrons. The fourth-order valence-electron chi connectivity index (χ4n) is 7.34. The third-order valence-electron chi connectivity index (χ3n) is 9.82. The largest absolute Gasteiger partial charge is 0.478 e. The summed E-state index contributed by atoms with van der Waals surface area (Å²) in [6, 6.07) is 33.2. The van der Waals surface area contributed by atoms with E-state index in [0.717, 1.165) is 39.0 Å². The molecule has 49 heavy (non-hydrogen) atoms. The summed E-state index contributed by atoms with van der Waals surface area (Å²) in [5.41, 5.74) is 14.7. The van der Waals surface area contributed by atoms with Crippen molar-refractivity contribution >= 4 is 49.6 Å². The molecule has 6 aromatic rings. The first-order chi connectivity index (χ1) is 23.8. The van der Waals surface area contributed by atoms with Crippen molar-refractivity contribution in [3.05, 3.63) is 131 Å². The van der Waals surface area contributed by atoms with Gasteiger partial charge in [0.05, 0.1) is 33.5 Å². The molecule has 7 rings (SSSR count). The molecule has 0 aliphatic heterocycles. The number of aromatic nitrogens is 2. The van der Waals surface area contributed by atoms with Gasteiger partial charge in [-0.05, 0) is 54.9 Å². The number of benzene rings is 4. The first-order valence-electron chi connectivity index (χ1n) is 16.8. The number of fused-ring (bicyclic) bond motifs is 2. The molecule has 2 aromatic heterocycles. The number of nitrogens with two attached hydrogens (primary N) is 1. The third kappa shape index (κ3) is 6.99. The lowest BCUT2D eigenvalue weighted by molar-refractivity contribution is 0.0698. The van der Waals surface area contributed by atoms with Gasteiger partial charge >= 0.3 is 5.97 Å². The van der Waals surface area contributed by atoms with Gasteiger partial charge < -0.3 is 10.8 Å². The van der Waals surface area contributed by atoms with Gasteiger partial charge in [-0.1, -0.05) is 133 Å². The maximum atomic E-state index is 12.7. The number of alkyl halides is 1. The zero-order valence-electron chi connectivity index (χ0n) is 27.8. The van der Waals surface area contributed by atoms with Crippen LogP contribution in [0.1, 0.15) is 82.4 Å². The smallest absolute Gasteiger partial charge is 0.336 e. The summed E-state index contributed by atoms with van der Waals surface area (Å²) in [7, 11) is 0. The van der Waals surface area contributed by atoms with Crippen molar-refractivity contribution in [1.29, 1.82) is 0 Å². The van der Waals surface area contributed by atoms with Crippen molar-refractivity contribution in [1.82, 2.24) is 9.97 Å². The van der Waals surface area contributed by atoms with Crippen molar-refractivity contribution in [3.8, 4) is 22.5 Å². The molecular weight excluding hydrogens is 674 g/mol. The molecule has 1 aliphatic carbocycles. The minimum absolute atomic E-state index is 0.328. The Morgan fingerprint density at radius 3 is 1.96 bits per heavy atom. The molecule has 3 N–H and O–H groups in total. The van der Waals surface area contributed by atoms with Crippen molar-refractivity contribution in [2.75, 3.05) is 0 Å². The van der Waals surface area contributed by atoms with Crippen LogP contribution in [0.15, 0.2) is 103 Å². The van der Waals surface area contributed by atoms with Crippen LogP contribution in [0.2, 0.25) is 0 Å². The number of primary amides is 1. The van der Waals surface area contributed by atoms with Crippen LogP contribution < -0.4 is 5.73 Å². The van der Waals surface area contributed by atoms with Gasteiger partial charge in [0.15, 0.2) is 0 Å². The number of aromatic carboxylic acids is 1. The minimum Gasteiger partial charge on any atom is -0.478 e. The number of carboxylic acid groups (broad SMARTS) is 1. The van der Waals surface area contributed by atoms with Crippen LogP contribution in [0.5, 0.6) is 0 Å². The lowest BCUT2D eigenvalue weighted by Crippen LogP contribution is -2.19. The van der Waals surface area contributed by atoms with E-state index in [-0.39, 0.29) is 5.91 Å². The van der Waals surface area contributed by atoms with Crippen LogP contribution in [0.3, 0.4) is 0 Å². The summed E-state index contributed by atoms with van der Waals surface area (Å²) in [6.07, 6.45) is 6.44. The zero-order valence-corrected chi connectivity index (χ0v) is 29.4. The molecule has 1 amide bonds. The molecule has 1 atom stereocenters. The van der Waals surface area contributed by atoms with E-state index in [1.54, 1.807) is 6.07 Å². The summed E-state index contributed by atoms with van der Waals surface area (Å²) >= 11 is 3.60. The summed E-state index contributed by atoms with van der Waals surface area (Å²) in [5.74, 6) is -0.272. The summed E-state index contributed by atoms with van der Waals surface area (Å²) in [5, 5.41) is 11.7. The number of hydrogen-bond acceptors (Lipinski definition) is 4. The Kier molecular flexibility index (Phi) is 10.5. The summed E-state index contributed by atoms with van der Waals surface area (Å²) < 4.78 is 0. The van der Waals surface area contributed by atoms with E-state index in [1.807, 2.05) is 91.9 Å². The maximum Gasteiger partial charge on any atom is 0.336 e. The molecule has 1 aliphatic rings. The monoisotopic (exact) mass is 713 g/mol. The topological polar surface area (TPSA) is 106 Å². The second kappa shape index (κ2) is 15.1. The Bertz CT molecular complexity index is 2130. The first kappa shape index (κ1) is 34.0. The van der Waals surface area contributed by atoms with E-state index in [4.69, 9.17) is 10.7 Å². The Morgan fingerprint density at radius 1 is 0.776 bits per heavy atom. The number of nitrogens with zero attached hydrogens (tertiary/aromatic N) is 2. The van der Waals surface area contributed by atoms with Crippen LogP contribution in [-0.2, 0) is 5.33 Å². The predicted octanol–water partition coefficient (Wildman–Crippen LogP) is 10.5. The first-order valence-corrected chi connectivity index (χ1v) is 18.0. The Hall–Kier alpha value is -4.88. The Balaban J connectivity index is 0.000000182. The average Bonchev–Trinajstić information content (AvgIpc) is 3.14. The minimum atomic E-state index is -0.918. The predicted molar refractivity (Wildman–Crippen MR) is 202 cm³/mol. The fraction of sp³-hybridized carbons (Fsp3) is 0.238. The highest BCUT2D eigenvalue weighted by atomic mass is 79.9. The highest BCUT2D eigenvalue weighted by Crippen LogP contribution is 2.41. The maximum absolute atomic E-state index is 12.7. The summed E-state index contributed by atoms with van der Waals surface area (Å²) in [6.45, 7) is 4.11. The normalized spacial score (nSPS) is 13.9. The van der Waals surface area contributed by atoms with Gasteiger partial charge in [-0.3, -0.25) is 4.79 Å². The van der Waals surface area contributed by atoms with Crippen LogP contribution in [0, 0.1) is 12.8 Å². The van der Waals surface area contributed by atoms with Gasteiger partial charge in [-0.25, -0.2) is 14.8 Å². The van der Waals surface area contributed by atoms with Crippen LogP contribution in [-0.4, -0.2) is 27.0 Å². The van der Waals surface area contributed by atoms with E-state index in [2.05, 4.69) is 40.0 Å². The second-order valence-electron chi connectivity index (χ2n) is 12.8. The van der Waals surface area contributed by atoms with E-state index in [0.29, 0.717) is 44.8 Å². The molecule has 1 fully saturated rings. The molecular formula is C42H40BrN3O3. The summed E-state index contributed by atoms with van der Waals surface area (Å²) in [4.78, 5) is 33.9. The van der Waals surface area contributed by atoms with Crippen LogP contribution >= 0.6 is 15.9 Å². The number of carbonyl (C=O) groups is 2. The van der Waals surface area contributed by atoms with E-state index < -0.39 is 5.97 Å². The van der Waals surface area contributed by atoms with E-state index in [9.17, 15) is 14.7 Å². The van der Waals surface area contributed by atoms with Gasteiger partial charge in [-0.2, -0.15) is 0 Å². The number of para-hydroxylation sites is 1. The molecule has 4 aromatic carbocycles. The molecule has 248 valence electrons. The van der Waals surface area contributed by atoms with Gasteiger partial charge in [0, 0.05) is 32.8 Å². The standard InChI is InChI=1S/C25H27BrN2O.C17H13NO2/c1-16(17-9-4-2-5-10-17)19-13-8-14-21-22(19)23(25(27)29)20(15-26)24(28-21)18-11-6-3-7-12-18;1-11-15(17(19)20)13-9-5-6-10-14(13)18-16(11)12-7-3-2-4-8-12/h3,6-8,11-14,16-17H,2,4-5,9-10,15H2,1H3,(H2,27,29);2-10H,1H3,(H,19,20)/t16-;/m0./s1. The molecule has 2 heterocycles. The van der Waals surface area contributed by atoms with Crippen molar-refractivity contribution < 1.29 is 14.7 Å². The van der Waals surface area contributed by atoms with Gasteiger partial charge in [0.1, 0.15) is 0 Å². The number of hydrogen-bond donors (Lipinski definition) is 2. The number of halogens is 1. The molecule has 6 nitrogen and oxygen atoms in total. The second-order valence-corrected chi connectivity index (χ2v) is 13.3. The number of pyridine rings is 2. The van der Waals surface area contributed by atoms with Crippen LogP contribution in [0.25, 0.3) is 44.3 Å². The Morgan fingerprint density at radius 2 is 1.35 bits per heavy atom. The highest BCUT2D eigenvalue weighted by molar-refractivity contribution is 9.08. The quantitative estimate of drug-likeness (QED) is 0.160. The SMILES string of the molecule is C[C@H](c1cccc2nc(-c3ccccc3)c(CBr)c(C(N)=O)c12)C1CCCCC1.Cc1c(-c2ccccc2)nc2ccccc2c1C(=O)O. The van der Waals surface area contributed by atoms with Crippen molar-refractivity contribution in [3.63, 3.8) is 0 Å². The molecule has 0 saturated heterocycles. The lowest BCUT2D eigenvalue weighted by atomic mass is 9.76. The fourth-order valence-corrected chi connectivity index (χ4v) is 7.89. The lowest BCUT2D eigenvalue weighted by Gasteiger charge is -2.29. The van der Waals surface area contributed by atoms with Gasteiger partial charge in [0.2, 0.25) is 5.91 Å². The molecule has 1 saturated carbocycles. The number of carboxylic acids is 1. The van der Waals surface area contributed by atoms with E-state index in [1.165, 1.54) is 37.7 Å². The number of amides is 1. The Labute approximate surface area is 295 Å². The third-order valence-corrected chi connectivity index (χ3v) is 10.4. The van der Waals surface area contributed by atoms with Crippen LogP contribution in [0.4, 0.5) is 0 Å². The molecule has 0 unspecified atom stereocenters.